The van der Waals surface area contributed by atoms with E-state index in [-0.39, 0.29) is 23.9 Å². The van der Waals surface area contributed by atoms with Crippen molar-refractivity contribution in [2.24, 2.45) is 5.73 Å². The number of amides is 1. The number of carbonyl (C=O) groups excluding carboxylic acids is 1. The van der Waals surface area contributed by atoms with Crippen LogP contribution in [0, 0.1) is 13.8 Å². The van der Waals surface area contributed by atoms with E-state index in [2.05, 4.69) is 5.32 Å². The first-order valence-electron chi connectivity index (χ1n) is 5.45. The fourth-order valence-electron chi connectivity index (χ4n) is 1.49. The van der Waals surface area contributed by atoms with E-state index in [4.69, 9.17) is 5.73 Å². The van der Waals surface area contributed by atoms with Gasteiger partial charge < -0.3 is 11.1 Å². The van der Waals surface area contributed by atoms with Crippen molar-refractivity contribution in [2.45, 2.75) is 33.2 Å². The van der Waals surface area contributed by atoms with E-state index >= 15 is 0 Å². The molecule has 0 bridgehead atoms. The number of hydrogen-bond acceptors (Lipinski definition) is 2. The summed E-state index contributed by atoms with van der Waals surface area (Å²) in [7, 11) is 0. The van der Waals surface area contributed by atoms with E-state index in [9.17, 15) is 4.79 Å². The number of nitrogens with one attached hydrogen (secondary N) is 1. The number of hydrogen-bond donors (Lipinski definition) is 2. The second-order valence-corrected chi connectivity index (χ2v) is 4.86. The van der Waals surface area contributed by atoms with E-state index in [1.807, 2.05) is 45.9 Å². The third-order valence-electron chi connectivity index (χ3n) is 2.59. The minimum atomic E-state index is -0.367. The maximum atomic E-state index is 12.0. The van der Waals surface area contributed by atoms with Crippen molar-refractivity contribution in [3.63, 3.8) is 0 Å². The number of aryl methyl sites for hydroxylation is 2. The maximum absolute atomic E-state index is 12.0. The lowest BCUT2D eigenvalue weighted by Gasteiger charge is -2.24. The monoisotopic (exact) mass is 256 g/mol. The van der Waals surface area contributed by atoms with Gasteiger partial charge in [0.05, 0.1) is 0 Å². The molecule has 0 aliphatic heterocycles. The number of nitrogens with two attached hydrogens (primary N) is 1. The predicted molar refractivity (Wildman–Crippen MR) is 73.8 cm³/mol. The van der Waals surface area contributed by atoms with Gasteiger partial charge in [0.15, 0.2) is 0 Å². The van der Waals surface area contributed by atoms with Crippen molar-refractivity contribution in [1.29, 1.82) is 0 Å². The Morgan fingerprint density at radius 1 is 1.35 bits per heavy atom. The highest BCUT2D eigenvalue weighted by Crippen LogP contribution is 2.11. The van der Waals surface area contributed by atoms with Crippen LogP contribution in [-0.2, 0) is 0 Å². The normalized spacial score (nSPS) is 10.6. The molecule has 96 valence electrons. The molecule has 0 atom stereocenters. The zero-order valence-corrected chi connectivity index (χ0v) is 11.6. The topological polar surface area (TPSA) is 55.1 Å². The van der Waals surface area contributed by atoms with Gasteiger partial charge >= 0.3 is 0 Å². The molecule has 0 fully saturated rings. The molecule has 4 heteroatoms. The van der Waals surface area contributed by atoms with Crippen LogP contribution in [0.25, 0.3) is 0 Å². The van der Waals surface area contributed by atoms with Crippen LogP contribution >= 0.6 is 12.4 Å². The van der Waals surface area contributed by atoms with Crippen LogP contribution < -0.4 is 11.1 Å². The summed E-state index contributed by atoms with van der Waals surface area (Å²) >= 11 is 0. The van der Waals surface area contributed by atoms with Crippen LogP contribution in [0.15, 0.2) is 18.2 Å². The molecule has 1 aromatic carbocycles. The average molecular weight is 257 g/mol. The summed E-state index contributed by atoms with van der Waals surface area (Å²) in [6.07, 6.45) is 0. The molecule has 1 amide bonds. The Hall–Kier alpha value is -1.06. The predicted octanol–water partition coefficient (Wildman–Crippen LogP) is 2.19. The summed E-state index contributed by atoms with van der Waals surface area (Å²) in [5.41, 5.74) is 8.08. The molecule has 0 unspecified atom stereocenters. The fourth-order valence-corrected chi connectivity index (χ4v) is 1.49. The lowest BCUT2D eigenvalue weighted by molar-refractivity contribution is 0.0915. The zero-order chi connectivity index (χ0) is 12.3. The molecule has 3 N–H and O–H groups in total. The Morgan fingerprint density at radius 3 is 2.41 bits per heavy atom. The SMILES string of the molecule is Cc1ccc(C(=O)NC(C)(C)CN)c(C)c1.Cl. The summed E-state index contributed by atoms with van der Waals surface area (Å²) in [6, 6.07) is 5.80. The minimum absolute atomic E-state index is 0. The van der Waals surface area contributed by atoms with Gasteiger partial charge in [0.1, 0.15) is 0 Å². The van der Waals surface area contributed by atoms with Gasteiger partial charge in [-0.15, -0.1) is 12.4 Å². The molecule has 1 aromatic rings. The van der Waals surface area contributed by atoms with Gasteiger partial charge in [0.25, 0.3) is 5.91 Å². The van der Waals surface area contributed by atoms with E-state index in [1.54, 1.807) is 0 Å². The van der Waals surface area contributed by atoms with Crippen molar-refractivity contribution in [1.82, 2.24) is 5.32 Å². The van der Waals surface area contributed by atoms with Gasteiger partial charge in [0, 0.05) is 17.6 Å². The molecule has 0 saturated carbocycles. The third kappa shape index (κ3) is 4.36. The molecule has 0 aromatic heterocycles. The highest BCUT2D eigenvalue weighted by Gasteiger charge is 2.19. The number of carbonyl (C=O) groups is 1. The summed E-state index contributed by atoms with van der Waals surface area (Å²) in [6.45, 7) is 8.20. The third-order valence-corrected chi connectivity index (χ3v) is 2.59. The first-order valence-corrected chi connectivity index (χ1v) is 5.45. The Morgan fingerprint density at radius 2 is 1.94 bits per heavy atom. The van der Waals surface area contributed by atoms with Crippen LogP contribution in [0.5, 0.6) is 0 Å². The highest BCUT2D eigenvalue weighted by atomic mass is 35.5. The second kappa shape index (κ2) is 6.03. The van der Waals surface area contributed by atoms with Crippen LogP contribution in [0.2, 0.25) is 0 Å². The van der Waals surface area contributed by atoms with Crippen LogP contribution in [-0.4, -0.2) is 18.0 Å². The van der Waals surface area contributed by atoms with E-state index in [0.717, 1.165) is 11.1 Å². The summed E-state index contributed by atoms with van der Waals surface area (Å²) < 4.78 is 0. The van der Waals surface area contributed by atoms with Crippen LogP contribution in [0.3, 0.4) is 0 Å². The largest absolute Gasteiger partial charge is 0.346 e. The van der Waals surface area contributed by atoms with Gasteiger partial charge in [0.2, 0.25) is 0 Å². The van der Waals surface area contributed by atoms with E-state index in [1.165, 1.54) is 0 Å². The van der Waals surface area contributed by atoms with Gasteiger partial charge in [-0.05, 0) is 39.3 Å². The van der Waals surface area contributed by atoms with Gasteiger partial charge in [-0.25, -0.2) is 0 Å². The standard InChI is InChI=1S/C13H20N2O.ClH/c1-9-5-6-11(10(2)7-9)12(16)15-13(3,4)8-14;/h5-7H,8,14H2,1-4H3,(H,15,16);1H. The van der Waals surface area contributed by atoms with Gasteiger partial charge in [-0.3, -0.25) is 4.79 Å². The van der Waals surface area contributed by atoms with Crippen molar-refractivity contribution >= 4 is 18.3 Å². The molecule has 0 heterocycles. The minimum Gasteiger partial charge on any atom is -0.346 e. The lowest BCUT2D eigenvalue weighted by atomic mass is 10.0. The summed E-state index contributed by atoms with van der Waals surface area (Å²) in [5.74, 6) is -0.0621. The Bertz CT molecular complexity index is 402. The molecule has 0 saturated heterocycles. The average Bonchev–Trinajstić information content (AvgIpc) is 2.16. The second-order valence-electron chi connectivity index (χ2n) is 4.86. The number of benzene rings is 1. The molecule has 1 rings (SSSR count). The molecular weight excluding hydrogens is 236 g/mol. The number of rotatable bonds is 3. The molecule has 0 spiro atoms. The molecule has 17 heavy (non-hydrogen) atoms. The highest BCUT2D eigenvalue weighted by molar-refractivity contribution is 5.96. The Labute approximate surface area is 109 Å². The molecular formula is C13H21ClN2O. The number of halogens is 1. The first kappa shape index (κ1) is 15.9. The van der Waals surface area contributed by atoms with Gasteiger partial charge in [-0.2, -0.15) is 0 Å². The van der Waals surface area contributed by atoms with Crippen molar-refractivity contribution < 1.29 is 4.79 Å². The summed E-state index contributed by atoms with van der Waals surface area (Å²) in [4.78, 5) is 12.0. The van der Waals surface area contributed by atoms with Crippen molar-refractivity contribution in [3.8, 4) is 0 Å². The van der Waals surface area contributed by atoms with Crippen LogP contribution in [0.1, 0.15) is 35.3 Å². The van der Waals surface area contributed by atoms with E-state index in [0.29, 0.717) is 12.1 Å². The van der Waals surface area contributed by atoms with Crippen LogP contribution in [0.4, 0.5) is 0 Å². The molecule has 0 aliphatic rings. The quantitative estimate of drug-likeness (QED) is 0.871. The fraction of sp³-hybridized carbons (Fsp3) is 0.462. The molecule has 0 aliphatic carbocycles. The Balaban J connectivity index is 0.00000256. The van der Waals surface area contributed by atoms with Crippen molar-refractivity contribution in [2.75, 3.05) is 6.54 Å². The van der Waals surface area contributed by atoms with Crippen molar-refractivity contribution in [3.05, 3.63) is 34.9 Å². The molecule has 0 radical (unpaired) electrons. The molecule has 3 nitrogen and oxygen atoms in total. The maximum Gasteiger partial charge on any atom is 0.252 e. The Kier molecular flexibility index (Phi) is 5.66. The lowest BCUT2D eigenvalue weighted by Crippen LogP contribution is -2.49. The van der Waals surface area contributed by atoms with E-state index < -0.39 is 0 Å². The zero-order valence-electron chi connectivity index (χ0n) is 10.8. The first-order chi connectivity index (χ1) is 7.35. The smallest absolute Gasteiger partial charge is 0.252 e. The summed E-state index contributed by atoms with van der Waals surface area (Å²) in [5, 5.41) is 2.92. The van der Waals surface area contributed by atoms with Gasteiger partial charge in [-0.1, -0.05) is 17.7 Å².